The van der Waals surface area contributed by atoms with Crippen LogP contribution in [0.1, 0.15) is 75.1 Å². The van der Waals surface area contributed by atoms with Crippen molar-refractivity contribution in [2.75, 3.05) is 19.6 Å². The van der Waals surface area contributed by atoms with Crippen LogP contribution in [0.2, 0.25) is 0 Å². The summed E-state index contributed by atoms with van der Waals surface area (Å²) >= 11 is 0. The Morgan fingerprint density at radius 1 is 1.11 bits per heavy atom. The number of nitrogens with zero attached hydrogens (tertiary/aromatic N) is 2. The van der Waals surface area contributed by atoms with Gasteiger partial charge in [-0.1, -0.05) is 38.1 Å². The first kappa shape index (κ1) is 30.3. The second-order valence-electron chi connectivity index (χ2n) is 14.1. The molecule has 2 aromatic carbocycles. The number of alkyl halides is 3. The topological polar surface area (TPSA) is 59.1 Å². The Morgan fingerprint density at radius 3 is 2.53 bits per heavy atom. The average Bonchev–Trinajstić information content (AvgIpc) is 3.73. The van der Waals surface area contributed by atoms with Gasteiger partial charge in [0.2, 0.25) is 5.91 Å². The molecule has 2 saturated carbocycles. The molecule has 0 aromatic heterocycles. The van der Waals surface area contributed by atoms with Crippen LogP contribution in [0.3, 0.4) is 0 Å². The van der Waals surface area contributed by atoms with Crippen molar-refractivity contribution in [3.05, 3.63) is 70.8 Å². The molecule has 2 aromatic rings. The molecule has 3 fully saturated rings. The van der Waals surface area contributed by atoms with E-state index in [1.165, 1.54) is 43.5 Å². The van der Waals surface area contributed by atoms with Gasteiger partial charge in [-0.3, -0.25) is 14.5 Å². The molecule has 0 radical (unpaired) electrons. The highest BCUT2D eigenvalue weighted by Gasteiger charge is 2.75. The molecule has 5 atom stereocenters. The molecule has 7 rings (SSSR count). The van der Waals surface area contributed by atoms with Crippen LogP contribution in [0.4, 0.5) is 13.2 Å². The number of amides is 1. The summed E-state index contributed by atoms with van der Waals surface area (Å²) < 4.78 is 52.7. The lowest BCUT2D eigenvalue weighted by atomic mass is 9.48. The normalized spacial score (nSPS) is 30.2. The van der Waals surface area contributed by atoms with E-state index in [2.05, 4.69) is 24.8 Å². The first-order valence-corrected chi connectivity index (χ1v) is 16.3. The first-order valence-electron chi connectivity index (χ1n) is 16.3. The summed E-state index contributed by atoms with van der Waals surface area (Å²) in [6.07, 6.45) is 3.54. The van der Waals surface area contributed by atoms with Crippen molar-refractivity contribution in [2.24, 2.45) is 11.8 Å². The molecule has 0 N–H and O–H groups in total. The Labute approximate surface area is 262 Å². The van der Waals surface area contributed by atoms with Crippen molar-refractivity contribution in [3.8, 4) is 5.75 Å². The van der Waals surface area contributed by atoms with E-state index in [9.17, 15) is 22.8 Å². The lowest BCUT2D eigenvalue weighted by Gasteiger charge is -2.65. The summed E-state index contributed by atoms with van der Waals surface area (Å²) in [6.45, 7) is 8.04. The third kappa shape index (κ3) is 4.97. The number of esters is 1. The smallest absolute Gasteiger partial charge is 0.416 e. The number of benzene rings is 2. The van der Waals surface area contributed by atoms with E-state index >= 15 is 0 Å². The van der Waals surface area contributed by atoms with Gasteiger partial charge >= 0.3 is 12.1 Å². The summed E-state index contributed by atoms with van der Waals surface area (Å²) in [6, 6.07) is 10.8. The minimum absolute atomic E-state index is 0.0393. The number of ether oxygens (including phenoxy) is 2. The minimum atomic E-state index is -4.42. The fourth-order valence-corrected chi connectivity index (χ4v) is 9.01. The number of hydrogen-bond donors (Lipinski definition) is 0. The molecule has 1 unspecified atom stereocenters. The third-order valence-corrected chi connectivity index (χ3v) is 10.8. The number of halogens is 3. The van der Waals surface area contributed by atoms with Gasteiger partial charge in [0.1, 0.15) is 17.5 Å². The molecule has 5 aliphatic rings. The number of carbonyl (C=O) groups excluding carboxylic acids is 2. The Hall–Kier alpha value is -3.33. The number of carbonyl (C=O) groups is 2. The second-order valence-corrected chi connectivity index (χ2v) is 14.1. The number of rotatable bonds is 8. The van der Waals surface area contributed by atoms with Gasteiger partial charge in [0.15, 0.2) is 0 Å². The van der Waals surface area contributed by atoms with Crippen LogP contribution in [-0.2, 0) is 32.3 Å². The van der Waals surface area contributed by atoms with Crippen LogP contribution in [0.25, 0.3) is 6.08 Å². The van der Waals surface area contributed by atoms with Gasteiger partial charge in [-0.25, -0.2) is 0 Å². The Bertz CT molecular complexity index is 1520. The standard InChI is InChI=1S/C36H41F3N2O4/c1-22(2)20-41(31(43)14-11-24-9-12-27(13-10-24)36(37,38)39)28-15-16-35(45-23(3)42)30-19-26-5-4-6-29-32(26)34(35,33(28)44-29)17-18-40(30)21-25-7-8-25/h4-6,9-14,22,25,28,30,33H,7-8,15-21H2,1-3H3/t28-,30-,33?,34+,35-/m1/s1. The van der Waals surface area contributed by atoms with Gasteiger partial charge in [0.25, 0.3) is 0 Å². The van der Waals surface area contributed by atoms with E-state index in [0.717, 1.165) is 49.4 Å². The molecule has 2 aliphatic heterocycles. The van der Waals surface area contributed by atoms with Crippen molar-refractivity contribution < 1.29 is 32.2 Å². The maximum absolute atomic E-state index is 14.0. The fourth-order valence-electron chi connectivity index (χ4n) is 9.01. The monoisotopic (exact) mass is 622 g/mol. The summed E-state index contributed by atoms with van der Waals surface area (Å²) in [4.78, 5) is 31.4. The molecule has 45 heavy (non-hydrogen) atoms. The van der Waals surface area contributed by atoms with Gasteiger partial charge in [-0.05, 0) is 92.3 Å². The zero-order valence-electron chi connectivity index (χ0n) is 26.1. The molecule has 3 aliphatic carbocycles. The van der Waals surface area contributed by atoms with E-state index in [0.29, 0.717) is 30.9 Å². The maximum Gasteiger partial charge on any atom is 0.416 e. The van der Waals surface area contributed by atoms with Crippen molar-refractivity contribution in [1.82, 2.24) is 9.80 Å². The number of piperidine rings is 1. The van der Waals surface area contributed by atoms with Gasteiger partial charge in [-0.2, -0.15) is 13.2 Å². The molecule has 2 bridgehead atoms. The quantitative estimate of drug-likeness (QED) is 0.252. The summed E-state index contributed by atoms with van der Waals surface area (Å²) in [7, 11) is 0. The molecule has 1 amide bonds. The fraction of sp³-hybridized carbons (Fsp3) is 0.556. The maximum atomic E-state index is 14.0. The average molecular weight is 623 g/mol. The van der Waals surface area contributed by atoms with Crippen LogP contribution in [-0.4, -0.2) is 65.1 Å². The molecule has 2 heterocycles. The van der Waals surface area contributed by atoms with E-state index in [1.807, 2.05) is 17.0 Å². The summed E-state index contributed by atoms with van der Waals surface area (Å²) in [5.74, 6) is 1.21. The lowest BCUT2D eigenvalue weighted by molar-refractivity contribution is -0.224. The highest BCUT2D eigenvalue weighted by atomic mass is 19.4. The first-order chi connectivity index (χ1) is 21.4. The third-order valence-electron chi connectivity index (χ3n) is 10.8. The minimum Gasteiger partial charge on any atom is -0.487 e. The Kier molecular flexibility index (Phi) is 7.34. The molecule has 9 heteroatoms. The number of likely N-dealkylation sites (tertiary alicyclic amines) is 1. The van der Waals surface area contributed by atoms with E-state index in [-0.39, 0.29) is 29.9 Å². The van der Waals surface area contributed by atoms with Crippen LogP contribution < -0.4 is 4.74 Å². The molecule has 240 valence electrons. The summed E-state index contributed by atoms with van der Waals surface area (Å²) in [5, 5.41) is 0. The van der Waals surface area contributed by atoms with Crippen molar-refractivity contribution in [3.63, 3.8) is 0 Å². The molecular weight excluding hydrogens is 581 g/mol. The van der Waals surface area contributed by atoms with Crippen LogP contribution in [0.5, 0.6) is 5.75 Å². The van der Waals surface area contributed by atoms with Crippen LogP contribution in [0, 0.1) is 11.8 Å². The van der Waals surface area contributed by atoms with Crippen molar-refractivity contribution in [2.45, 2.75) is 94.7 Å². The molecule has 6 nitrogen and oxygen atoms in total. The Balaban J connectivity index is 1.26. The van der Waals surface area contributed by atoms with Gasteiger partial charge in [-0.15, -0.1) is 0 Å². The zero-order chi connectivity index (χ0) is 31.7. The van der Waals surface area contributed by atoms with Gasteiger partial charge in [0.05, 0.1) is 23.1 Å². The van der Waals surface area contributed by atoms with E-state index in [1.54, 1.807) is 6.08 Å². The van der Waals surface area contributed by atoms with E-state index in [4.69, 9.17) is 9.47 Å². The highest BCUT2D eigenvalue weighted by Crippen LogP contribution is 2.66. The van der Waals surface area contributed by atoms with Gasteiger partial charge < -0.3 is 14.4 Å². The van der Waals surface area contributed by atoms with E-state index < -0.39 is 28.9 Å². The molecule has 1 saturated heterocycles. The lowest BCUT2D eigenvalue weighted by Crippen LogP contribution is -2.79. The van der Waals surface area contributed by atoms with Gasteiger partial charge in [0, 0.05) is 31.7 Å². The van der Waals surface area contributed by atoms with Crippen LogP contribution >= 0.6 is 0 Å². The molecule has 1 spiro atoms. The zero-order valence-corrected chi connectivity index (χ0v) is 26.1. The second kappa shape index (κ2) is 10.9. The molecular formula is C36H41F3N2O4. The largest absolute Gasteiger partial charge is 0.487 e. The highest BCUT2D eigenvalue weighted by molar-refractivity contribution is 5.92. The predicted molar refractivity (Wildman–Crippen MR) is 163 cm³/mol. The summed E-state index contributed by atoms with van der Waals surface area (Å²) in [5.41, 5.74) is 0.854. The van der Waals surface area contributed by atoms with Crippen molar-refractivity contribution >= 4 is 18.0 Å². The van der Waals surface area contributed by atoms with Crippen LogP contribution in [0.15, 0.2) is 48.5 Å². The van der Waals surface area contributed by atoms with Crippen molar-refractivity contribution in [1.29, 1.82) is 0 Å². The Morgan fingerprint density at radius 2 is 1.87 bits per heavy atom. The SMILES string of the molecule is CC(=O)O[C@@]12CC[C@@H](N(CC(C)C)C(=O)C=Cc3ccc(C(F)(F)F)cc3)C3Oc4cccc5c4[C@@]31CCN(CC1CC1)[C@@H]2C5. The number of hydrogen-bond acceptors (Lipinski definition) is 5. The predicted octanol–water partition coefficient (Wildman–Crippen LogP) is 6.41.